The molecule has 0 bridgehead atoms. The molecule has 1 aromatic carbocycles. The Bertz CT molecular complexity index is 567. The molecule has 0 aromatic heterocycles. The van der Waals surface area contributed by atoms with E-state index in [1.807, 2.05) is 0 Å². The van der Waals surface area contributed by atoms with Crippen LogP contribution in [0.25, 0.3) is 10.4 Å². The predicted octanol–water partition coefficient (Wildman–Crippen LogP) is 2.26. The summed E-state index contributed by atoms with van der Waals surface area (Å²) in [7, 11) is 0. The number of benzene rings is 1. The van der Waals surface area contributed by atoms with E-state index in [9.17, 15) is 14.9 Å². The molecule has 1 heterocycles. The van der Waals surface area contributed by atoms with Gasteiger partial charge in [0.1, 0.15) is 5.69 Å². The van der Waals surface area contributed by atoms with Gasteiger partial charge in [0.15, 0.2) is 0 Å². The first-order chi connectivity index (χ1) is 9.13. The number of hydrogen-bond donors (Lipinski definition) is 0. The second-order valence-electron chi connectivity index (χ2n) is 4.23. The van der Waals surface area contributed by atoms with Crippen molar-refractivity contribution in [2.75, 3.05) is 18.0 Å². The molecule has 1 fully saturated rings. The fourth-order valence-electron chi connectivity index (χ4n) is 2.14. The lowest BCUT2D eigenvalue weighted by Crippen LogP contribution is -2.25. The number of hydrogen-bond acceptors (Lipinski definition) is 4. The highest BCUT2D eigenvalue weighted by Crippen LogP contribution is 2.32. The van der Waals surface area contributed by atoms with Gasteiger partial charge < -0.3 is 4.90 Å². The van der Waals surface area contributed by atoms with Crippen molar-refractivity contribution in [1.29, 1.82) is 0 Å². The van der Waals surface area contributed by atoms with Crippen LogP contribution >= 0.6 is 0 Å². The molecule has 19 heavy (non-hydrogen) atoms. The summed E-state index contributed by atoms with van der Waals surface area (Å²) in [4.78, 5) is 26.4. The van der Waals surface area contributed by atoms with Crippen molar-refractivity contribution >= 4 is 17.3 Å². The first-order valence-electron chi connectivity index (χ1n) is 5.68. The highest BCUT2D eigenvalue weighted by atomic mass is 16.6. The number of carbonyl (C=O) groups excluding carboxylic acids is 1. The van der Waals surface area contributed by atoms with E-state index in [1.165, 1.54) is 11.0 Å². The molecule has 8 nitrogen and oxygen atoms in total. The first kappa shape index (κ1) is 12.8. The molecule has 8 heteroatoms. The molecule has 1 aromatic rings. The second-order valence-corrected chi connectivity index (χ2v) is 4.23. The number of rotatable bonds is 4. The average molecular weight is 261 g/mol. The van der Waals surface area contributed by atoms with Gasteiger partial charge in [-0.2, -0.15) is 0 Å². The smallest absolute Gasteiger partial charge is 0.292 e. The Hall–Kier alpha value is -2.60. The Kier molecular flexibility index (Phi) is 3.63. The predicted molar refractivity (Wildman–Crippen MR) is 67.6 cm³/mol. The number of nitro groups is 1. The number of para-hydroxylation sites is 2. The molecule has 0 spiro atoms. The summed E-state index contributed by atoms with van der Waals surface area (Å²) in [6, 6.07) is 6.12. The Morgan fingerprint density at radius 1 is 1.53 bits per heavy atom. The average Bonchev–Trinajstić information content (AvgIpc) is 2.77. The molecule has 1 aliphatic heterocycles. The summed E-state index contributed by atoms with van der Waals surface area (Å²) in [5.74, 6) is -0.282. The molecule has 1 saturated heterocycles. The molecule has 0 N–H and O–H groups in total. The SMILES string of the molecule is [N-]=[N+]=NCC1CC(=O)N(c2ccccc2[N+](=O)[O-])C1. The largest absolute Gasteiger partial charge is 0.306 e. The minimum Gasteiger partial charge on any atom is -0.306 e. The molecule has 1 aliphatic rings. The van der Waals surface area contributed by atoms with Crippen LogP contribution < -0.4 is 4.90 Å². The highest BCUT2D eigenvalue weighted by molar-refractivity contribution is 5.97. The van der Waals surface area contributed by atoms with Crippen LogP contribution in [-0.2, 0) is 4.79 Å². The van der Waals surface area contributed by atoms with Gasteiger partial charge in [0.05, 0.1) is 4.92 Å². The van der Waals surface area contributed by atoms with Gasteiger partial charge in [0, 0.05) is 30.5 Å². The molecule has 1 amide bonds. The van der Waals surface area contributed by atoms with E-state index in [-0.39, 0.29) is 30.5 Å². The summed E-state index contributed by atoms with van der Waals surface area (Å²) in [6.07, 6.45) is 0.241. The number of azide groups is 1. The Labute approximate surface area is 108 Å². The summed E-state index contributed by atoms with van der Waals surface area (Å²) in [5.41, 5.74) is 8.46. The first-order valence-corrected chi connectivity index (χ1v) is 5.68. The van der Waals surface area contributed by atoms with Gasteiger partial charge >= 0.3 is 0 Å². The summed E-state index contributed by atoms with van der Waals surface area (Å²) < 4.78 is 0. The van der Waals surface area contributed by atoms with Crippen molar-refractivity contribution < 1.29 is 9.72 Å². The van der Waals surface area contributed by atoms with E-state index >= 15 is 0 Å². The van der Waals surface area contributed by atoms with Gasteiger partial charge in [-0.05, 0) is 17.5 Å². The van der Waals surface area contributed by atoms with Gasteiger partial charge in [-0.1, -0.05) is 17.2 Å². The third kappa shape index (κ3) is 2.63. The topological polar surface area (TPSA) is 112 Å². The minimum absolute atomic E-state index is 0.0942. The van der Waals surface area contributed by atoms with Gasteiger partial charge in [-0.25, -0.2) is 0 Å². The third-order valence-electron chi connectivity index (χ3n) is 2.98. The van der Waals surface area contributed by atoms with Crippen molar-refractivity contribution in [3.05, 3.63) is 44.8 Å². The standard InChI is InChI=1S/C11H11N5O3/c12-14-13-6-8-5-11(17)15(7-8)9-3-1-2-4-10(9)16(18)19/h1-4,8H,5-7H2. The Morgan fingerprint density at radius 3 is 2.95 bits per heavy atom. The van der Waals surface area contributed by atoms with Gasteiger partial charge in [0.2, 0.25) is 5.91 Å². The molecule has 1 atom stereocenters. The molecule has 0 aliphatic carbocycles. The van der Waals surface area contributed by atoms with Crippen LogP contribution in [0.2, 0.25) is 0 Å². The lowest BCUT2D eigenvalue weighted by atomic mass is 10.1. The fraction of sp³-hybridized carbons (Fsp3) is 0.364. The van der Waals surface area contributed by atoms with E-state index in [1.54, 1.807) is 18.2 Å². The quantitative estimate of drug-likeness (QED) is 0.272. The van der Waals surface area contributed by atoms with E-state index < -0.39 is 4.92 Å². The molecule has 1 unspecified atom stereocenters. The zero-order valence-electron chi connectivity index (χ0n) is 9.97. The van der Waals surface area contributed by atoms with Gasteiger partial charge in [-0.15, -0.1) is 0 Å². The lowest BCUT2D eigenvalue weighted by Gasteiger charge is -2.16. The Morgan fingerprint density at radius 2 is 2.26 bits per heavy atom. The van der Waals surface area contributed by atoms with Crippen LogP contribution in [0.15, 0.2) is 29.4 Å². The Balaban J connectivity index is 2.25. The van der Waals surface area contributed by atoms with Crippen LogP contribution in [0.4, 0.5) is 11.4 Å². The van der Waals surface area contributed by atoms with Crippen LogP contribution in [0.3, 0.4) is 0 Å². The van der Waals surface area contributed by atoms with Crippen LogP contribution in [-0.4, -0.2) is 23.9 Å². The summed E-state index contributed by atoms with van der Waals surface area (Å²) in [5, 5.41) is 14.4. The van der Waals surface area contributed by atoms with Crippen molar-refractivity contribution in [1.82, 2.24) is 0 Å². The van der Waals surface area contributed by atoms with E-state index in [0.717, 1.165) is 0 Å². The number of nitro benzene ring substituents is 1. The number of nitrogens with zero attached hydrogens (tertiary/aromatic N) is 5. The van der Waals surface area contributed by atoms with Crippen molar-refractivity contribution in [2.24, 2.45) is 11.0 Å². The minimum atomic E-state index is -0.511. The van der Waals surface area contributed by atoms with Crippen molar-refractivity contribution in [2.45, 2.75) is 6.42 Å². The molecular weight excluding hydrogens is 250 g/mol. The monoisotopic (exact) mass is 261 g/mol. The zero-order chi connectivity index (χ0) is 13.8. The summed E-state index contributed by atoms with van der Waals surface area (Å²) in [6.45, 7) is 0.558. The van der Waals surface area contributed by atoms with E-state index in [2.05, 4.69) is 10.0 Å². The van der Waals surface area contributed by atoms with Crippen LogP contribution in [0.5, 0.6) is 0 Å². The highest BCUT2D eigenvalue weighted by Gasteiger charge is 2.33. The lowest BCUT2D eigenvalue weighted by molar-refractivity contribution is -0.384. The maximum Gasteiger partial charge on any atom is 0.292 e. The van der Waals surface area contributed by atoms with Crippen molar-refractivity contribution in [3.8, 4) is 0 Å². The van der Waals surface area contributed by atoms with Gasteiger partial charge in [0.25, 0.3) is 5.69 Å². The molecule has 98 valence electrons. The summed E-state index contributed by atoms with van der Waals surface area (Å²) >= 11 is 0. The van der Waals surface area contributed by atoms with Crippen LogP contribution in [0, 0.1) is 16.0 Å². The number of anilines is 1. The number of amides is 1. The van der Waals surface area contributed by atoms with E-state index in [0.29, 0.717) is 12.2 Å². The maximum absolute atomic E-state index is 11.9. The van der Waals surface area contributed by atoms with Gasteiger partial charge in [-0.3, -0.25) is 14.9 Å². The van der Waals surface area contributed by atoms with Crippen LogP contribution in [0.1, 0.15) is 6.42 Å². The maximum atomic E-state index is 11.9. The fourth-order valence-corrected chi connectivity index (χ4v) is 2.14. The van der Waals surface area contributed by atoms with Crippen molar-refractivity contribution in [3.63, 3.8) is 0 Å². The molecule has 0 saturated carbocycles. The number of carbonyl (C=O) groups is 1. The molecule has 2 rings (SSSR count). The van der Waals surface area contributed by atoms with E-state index in [4.69, 9.17) is 5.53 Å². The zero-order valence-corrected chi connectivity index (χ0v) is 9.97. The molecule has 0 radical (unpaired) electrons. The molecular formula is C11H11N5O3. The normalized spacial score (nSPS) is 18.2. The second kappa shape index (κ2) is 5.36. The third-order valence-corrected chi connectivity index (χ3v) is 2.98.